The molecule has 0 aromatic heterocycles. The first-order chi connectivity index (χ1) is 6.83. The largest absolute Gasteiger partial charge is 0.300 e. The van der Waals surface area contributed by atoms with Crippen molar-refractivity contribution in [1.82, 2.24) is 15.1 Å². The Morgan fingerprint density at radius 1 is 1.36 bits per heavy atom. The fraction of sp³-hybridized carbons (Fsp3) is 0.875. The monoisotopic (exact) mass is 219 g/mol. The summed E-state index contributed by atoms with van der Waals surface area (Å²) in [6.07, 6.45) is 1.73. The second-order valence-electron chi connectivity index (χ2n) is 3.32. The minimum atomic E-state index is 0.548. The van der Waals surface area contributed by atoms with Crippen LogP contribution in [-0.2, 0) is 9.63 Å². The maximum absolute atomic E-state index is 9.89. The predicted octanol–water partition coefficient (Wildman–Crippen LogP) is -0.538. The van der Waals surface area contributed by atoms with E-state index in [1.165, 1.54) is 6.42 Å². The van der Waals surface area contributed by atoms with E-state index < -0.39 is 0 Å². The van der Waals surface area contributed by atoms with Crippen molar-refractivity contribution in [3.8, 4) is 0 Å². The smallest absolute Gasteiger partial charge is 0.230 e. The van der Waals surface area contributed by atoms with Crippen LogP contribution in [0.4, 0.5) is 0 Å². The van der Waals surface area contributed by atoms with Gasteiger partial charge in [0.1, 0.15) is 0 Å². The summed E-state index contributed by atoms with van der Waals surface area (Å²) in [5.41, 5.74) is 2.19. The van der Waals surface area contributed by atoms with Crippen LogP contribution in [0.3, 0.4) is 0 Å². The molecule has 1 N–H and O–H groups in total. The van der Waals surface area contributed by atoms with E-state index in [0.29, 0.717) is 13.0 Å². The molecule has 1 fully saturated rings. The zero-order valence-electron chi connectivity index (χ0n) is 8.32. The van der Waals surface area contributed by atoms with Gasteiger partial charge in [-0.15, -0.1) is 0 Å². The van der Waals surface area contributed by atoms with Crippen LogP contribution in [0.25, 0.3) is 0 Å². The van der Waals surface area contributed by atoms with Crippen LogP contribution in [0.5, 0.6) is 0 Å². The Morgan fingerprint density at radius 2 is 2.21 bits per heavy atom. The quantitative estimate of drug-likeness (QED) is 0.292. The molecule has 0 aliphatic carbocycles. The van der Waals surface area contributed by atoms with E-state index >= 15 is 0 Å². The van der Waals surface area contributed by atoms with Gasteiger partial charge in [0.2, 0.25) is 6.41 Å². The third-order valence-electron chi connectivity index (χ3n) is 2.26. The molecule has 1 aliphatic rings. The van der Waals surface area contributed by atoms with Gasteiger partial charge in [0.15, 0.2) is 0 Å². The minimum Gasteiger partial charge on any atom is -0.300 e. The number of hydrogen-bond acceptors (Lipinski definition) is 4. The Hall–Kier alpha value is -0.220. The van der Waals surface area contributed by atoms with Gasteiger partial charge in [-0.1, -0.05) is 9.39 Å². The summed E-state index contributed by atoms with van der Waals surface area (Å²) in [7, 11) is 2.74. The van der Waals surface area contributed by atoms with Crippen LogP contribution in [0.1, 0.15) is 6.42 Å². The third kappa shape index (κ3) is 4.86. The maximum Gasteiger partial charge on any atom is 0.230 e. The van der Waals surface area contributed by atoms with Gasteiger partial charge in [0.05, 0.1) is 6.61 Å². The number of rotatable bonds is 5. The molecular formula is C8H18N3O2P. The van der Waals surface area contributed by atoms with Crippen molar-refractivity contribution >= 4 is 15.8 Å². The maximum atomic E-state index is 9.89. The Morgan fingerprint density at radius 3 is 3.00 bits per heavy atom. The third-order valence-corrected chi connectivity index (χ3v) is 2.78. The molecule has 14 heavy (non-hydrogen) atoms. The average molecular weight is 219 g/mol. The Kier molecular flexibility index (Phi) is 6.03. The highest BCUT2D eigenvalue weighted by Gasteiger charge is 2.11. The number of amides is 1. The summed E-state index contributed by atoms with van der Waals surface area (Å²) in [5, 5.41) is 0. The number of nitrogens with zero attached hydrogens (tertiary/aromatic N) is 2. The number of hydrogen-bond donors (Lipinski definition) is 1. The number of hydroxylamine groups is 1. The molecule has 1 rings (SSSR count). The molecule has 1 atom stereocenters. The van der Waals surface area contributed by atoms with E-state index in [1.54, 1.807) is 0 Å². The van der Waals surface area contributed by atoms with Crippen molar-refractivity contribution in [2.75, 3.05) is 39.3 Å². The summed E-state index contributed by atoms with van der Waals surface area (Å²) in [6, 6.07) is 0. The Balaban J connectivity index is 2.08. The first kappa shape index (κ1) is 11.9. The van der Waals surface area contributed by atoms with Gasteiger partial charge in [0.25, 0.3) is 0 Å². The van der Waals surface area contributed by atoms with Gasteiger partial charge in [-0.25, -0.2) is 5.48 Å². The van der Waals surface area contributed by atoms with Crippen molar-refractivity contribution < 1.29 is 9.63 Å². The Bertz CT molecular complexity index is 171. The van der Waals surface area contributed by atoms with Gasteiger partial charge in [0, 0.05) is 26.2 Å². The lowest BCUT2D eigenvalue weighted by molar-refractivity contribution is -0.120. The second kappa shape index (κ2) is 7.12. The van der Waals surface area contributed by atoms with E-state index in [9.17, 15) is 4.79 Å². The molecule has 1 heterocycles. The standard InChI is InChI=1S/C8H18N3O2P/c12-8-9-13-7-6-10-2-1-3-11(14)5-4-10/h8H,1-7,14H2,(H,9,12). The van der Waals surface area contributed by atoms with Crippen LogP contribution >= 0.6 is 9.39 Å². The predicted molar refractivity (Wildman–Crippen MR) is 57.5 cm³/mol. The molecule has 0 aromatic carbocycles. The molecule has 82 valence electrons. The number of carbonyl (C=O) groups is 1. The summed E-state index contributed by atoms with van der Waals surface area (Å²) in [6.45, 7) is 5.80. The molecule has 1 saturated heterocycles. The lowest BCUT2D eigenvalue weighted by Crippen LogP contribution is -2.32. The van der Waals surface area contributed by atoms with Crippen molar-refractivity contribution in [1.29, 1.82) is 0 Å². The molecule has 0 radical (unpaired) electrons. The van der Waals surface area contributed by atoms with Gasteiger partial charge in [-0.3, -0.25) is 19.2 Å². The first-order valence-corrected chi connectivity index (χ1v) is 5.37. The van der Waals surface area contributed by atoms with E-state index in [-0.39, 0.29) is 0 Å². The van der Waals surface area contributed by atoms with Crippen LogP contribution in [-0.4, -0.2) is 55.3 Å². The van der Waals surface area contributed by atoms with Crippen molar-refractivity contribution in [2.45, 2.75) is 6.42 Å². The normalized spacial score (nSPS) is 20.4. The second-order valence-corrected chi connectivity index (χ2v) is 4.05. The first-order valence-electron chi connectivity index (χ1n) is 4.86. The van der Waals surface area contributed by atoms with Gasteiger partial charge in [-0.05, 0) is 13.0 Å². The summed E-state index contributed by atoms with van der Waals surface area (Å²) < 4.78 is 2.25. The van der Waals surface area contributed by atoms with Crippen LogP contribution in [0.2, 0.25) is 0 Å². The lowest BCUT2D eigenvalue weighted by Gasteiger charge is -2.19. The highest BCUT2D eigenvalue weighted by Crippen LogP contribution is 2.06. The van der Waals surface area contributed by atoms with Gasteiger partial charge < -0.3 is 0 Å². The molecule has 0 bridgehead atoms. The molecule has 5 nitrogen and oxygen atoms in total. The average Bonchev–Trinajstić information content (AvgIpc) is 2.38. The van der Waals surface area contributed by atoms with Crippen LogP contribution in [0.15, 0.2) is 0 Å². The van der Waals surface area contributed by atoms with Gasteiger partial charge in [-0.2, -0.15) is 0 Å². The molecule has 1 unspecified atom stereocenters. The highest BCUT2D eigenvalue weighted by atomic mass is 31.0. The molecule has 1 amide bonds. The zero-order chi connectivity index (χ0) is 10.2. The highest BCUT2D eigenvalue weighted by molar-refractivity contribution is 7.13. The fourth-order valence-corrected chi connectivity index (χ4v) is 1.78. The molecule has 6 heteroatoms. The summed E-state index contributed by atoms with van der Waals surface area (Å²) in [4.78, 5) is 17.1. The zero-order valence-corrected chi connectivity index (χ0v) is 9.47. The molecule has 0 saturated carbocycles. The number of nitrogens with one attached hydrogen (secondary N) is 1. The topological polar surface area (TPSA) is 44.8 Å². The molecule has 0 aromatic rings. The van der Waals surface area contributed by atoms with E-state index in [2.05, 4.69) is 24.4 Å². The molecular weight excluding hydrogens is 201 g/mol. The molecule has 1 aliphatic heterocycles. The van der Waals surface area contributed by atoms with E-state index in [1.807, 2.05) is 0 Å². The van der Waals surface area contributed by atoms with Crippen molar-refractivity contribution in [2.24, 2.45) is 0 Å². The minimum absolute atomic E-state index is 0.548. The lowest BCUT2D eigenvalue weighted by atomic mass is 10.4. The van der Waals surface area contributed by atoms with Crippen molar-refractivity contribution in [3.63, 3.8) is 0 Å². The van der Waals surface area contributed by atoms with Crippen molar-refractivity contribution in [3.05, 3.63) is 0 Å². The summed E-state index contributed by atoms with van der Waals surface area (Å²) >= 11 is 0. The van der Waals surface area contributed by atoms with Crippen LogP contribution in [0, 0.1) is 0 Å². The van der Waals surface area contributed by atoms with E-state index in [0.717, 1.165) is 32.7 Å². The SMILES string of the molecule is O=CNOCCN1CCCN(P)CC1. The number of carbonyl (C=O) groups excluding carboxylic acids is 1. The van der Waals surface area contributed by atoms with E-state index in [4.69, 9.17) is 4.84 Å². The van der Waals surface area contributed by atoms with Gasteiger partial charge >= 0.3 is 0 Å². The Labute approximate surface area is 87.0 Å². The van der Waals surface area contributed by atoms with Crippen LogP contribution < -0.4 is 5.48 Å². The molecule has 0 spiro atoms. The fourth-order valence-electron chi connectivity index (χ4n) is 1.48. The summed E-state index contributed by atoms with van der Waals surface area (Å²) in [5.74, 6) is 0.